The fraction of sp³-hybridized carbons (Fsp3) is 0.188. The van der Waals surface area contributed by atoms with Crippen LogP contribution in [0.4, 0.5) is 13.2 Å². The first-order valence-electron chi connectivity index (χ1n) is 12.4. The molecule has 1 fully saturated rings. The predicted octanol–water partition coefficient (Wildman–Crippen LogP) is 8.51. The largest absolute Gasteiger partial charge is 0.388 e. The molecule has 5 rings (SSSR count). The van der Waals surface area contributed by atoms with Gasteiger partial charge in [-0.25, -0.2) is 13.2 Å². The van der Waals surface area contributed by atoms with Crippen LogP contribution in [-0.2, 0) is 4.74 Å². The van der Waals surface area contributed by atoms with Crippen LogP contribution >= 0.6 is 0 Å². The number of hydrogen-bond donors (Lipinski definition) is 1. The first kappa shape index (κ1) is 25.0. The van der Waals surface area contributed by atoms with E-state index in [-0.39, 0.29) is 23.0 Å². The van der Waals surface area contributed by atoms with Crippen molar-refractivity contribution in [1.82, 2.24) is 0 Å². The molecule has 1 saturated heterocycles. The maximum Gasteiger partial charge on any atom is 0.167 e. The summed E-state index contributed by atoms with van der Waals surface area (Å²) in [5.41, 5.74) is 4.43. The van der Waals surface area contributed by atoms with Crippen molar-refractivity contribution in [3.8, 4) is 22.3 Å². The smallest absolute Gasteiger partial charge is 0.167 e. The van der Waals surface area contributed by atoms with E-state index in [9.17, 15) is 18.3 Å². The molecule has 0 spiro atoms. The third-order valence-electron chi connectivity index (χ3n) is 6.66. The van der Waals surface area contributed by atoms with E-state index in [1.165, 1.54) is 12.1 Å². The molecule has 1 aliphatic rings. The van der Waals surface area contributed by atoms with Gasteiger partial charge in [0.25, 0.3) is 0 Å². The fourth-order valence-electron chi connectivity index (χ4n) is 4.41. The van der Waals surface area contributed by atoms with E-state index in [2.05, 4.69) is 0 Å². The van der Waals surface area contributed by atoms with Crippen molar-refractivity contribution in [2.24, 2.45) is 0 Å². The van der Waals surface area contributed by atoms with Crippen LogP contribution in [0.5, 0.6) is 0 Å². The Kier molecular flexibility index (Phi) is 7.26. The lowest BCUT2D eigenvalue weighted by molar-refractivity contribution is 0.166. The van der Waals surface area contributed by atoms with Crippen molar-refractivity contribution >= 4 is 12.2 Å². The maximum absolute atomic E-state index is 14.9. The number of rotatable bonds is 8. The minimum Gasteiger partial charge on any atom is -0.388 e. The Labute approximate surface area is 214 Å². The standard InChI is InChI=1S/C32H27F3O2/c1-2-3-29(36)23-12-10-22(11-13-23)27-17-14-24(31(34)32(27)35)9-6-20-4-7-21(8-5-20)26-16-15-25(18-28(26)33)30-19-37-30/h4-18,29-30,36H,2-3,19H2,1H3/b9-6+. The highest BCUT2D eigenvalue weighted by Crippen LogP contribution is 2.33. The summed E-state index contributed by atoms with van der Waals surface area (Å²) in [5, 5.41) is 10.1. The number of aliphatic hydroxyl groups is 1. The normalized spacial score (nSPS) is 15.8. The average molecular weight is 501 g/mol. The molecule has 1 N–H and O–H groups in total. The van der Waals surface area contributed by atoms with Crippen molar-refractivity contribution in [3.63, 3.8) is 0 Å². The van der Waals surface area contributed by atoms with Crippen molar-refractivity contribution < 1.29 is 23.0 Å². The highest BCUT2D eigenvalue weighted by Gasteiger charge is 2.25. The summed E-state index contributed by atoms with van der Waals surface area (Å²) in [6.45, 7) is 2.62. The average Bonchev–Trinajstić information content (AvgIpc) is 3.76. The van der Waals surface area contributed by atoms with Gasteiger partial charge in [0, 0.05) is 16.7 Å². The van der Waals surface area contributed by atoms with E-state index in [0.29, 0.717) is 24.2 Å². The molecular weight excluding hydrogens is 473 g/mol. The molecule has 1 heterocycles. The van der Waals surface area contributed by atoms with Crippen molar-refractivity contribution in [1.29, 1.82) is 0 Å². The molecule has 37 heavy (non-hydrogen) atoms. The summed E-state index contributed by atoms with van der Waals surface area (Å²) in [6, 6.07) is 22.3. The van der Waals surface area contributed by atoms with Gasteiger partial charge in [-0.3, -0.25) is 0 Å². The number of hydrogen-bond acceptors (Lipinski definition) is 2. The zero-order chi connectivity index (χ0) is 25.9. The third-order valence-corrected chi connectivity index (χ3v) is 6.66. The van der Waals surface area contributed by atoms with E-state index in [1.807, 2.05) is 13.0 Å². The highest BCUT2D eigenvalue weighted by atomic mass is 19.2. The van der Waals surface area contributed by atoms with Gasteiger partial charge in [0.2, 0.25) is 0 Å². The summed E-state index contributed by atoms with van der Waals surface area (Å²) in [6.07, 6.45) is 4.14. The molecule has 4 aromatic rings. The SMILES string of the molecule is CCCC(O)c1ccc(-c2ccc(/C=C/c3ccc(-c4ccc(C5CO5)cc4F)cc3)c(F)c2F)cc1. The molecule has 0 aromatic heterocycles. The molecule has 0 saturated carbocycles. The van der Waals surface area contributed by atoms with Crippen LogP contribution in [0.1, 0.15) is 54.2 Å². The maximum atomic E-state index is 14.9. The summed E-state index contributed by atoms with van der Waals surface area (Å²) >= 11 is 0. The second kappa shape index (κ2) is 10.8. The minimum atomic E-state index is -0.928. The quantitative estimate of drug-likeness (QED) is 0.194. The molecule has 0 radical (unpaired) electrons. The van der Waals surface area contributed by atoms with Crippen LogP contribution in [0, 0.1) is 17.5 Å². The molecule has 0 amide bonds. The molecule has 2 atom stereocenters. The van der Waals surface area contributed by atoms with Crippen LogP contribution in [0.15, 0.2) is 78.9 Å². The highest BCUT2D eigenvalue weighted by molar-refractivity contribution is 5.74. The van der Waals surface area contributed by atoms with Crippen molar-refractivity contribution in [3.05, 3.63) is 119 Å². The Hall–Kier alpha value is -3.67. The minimum absolute atomic E-state index is 0.000446. The van der Waals surface area contributed by atoms with Gasteiger partial charge in [-0.15, -0.1) is 0 Å². The number of halogens is 3. The molecule has 5 heteroatoms. The lowest BCUT2D eigenvalue weighted by atomic mass is 9.98. The molecule has 4 aromatic carbocycles. The predicted molar refractivity (Wildman–Crippen MR) is 141 cm³/mol. The van der Waals surface area contributed by atoms with Crippen LogP contribution in [-0.4, -0.2) is 11.7 Å². The molecule has 188 valence electrons. The topological polar surface area (TPSA) is 32.8 Å². The van der Waals surface area contributed by atoms with Crippen molar-refractivity contribution in [2.45, 2.75) is 32.0 Å². The van der Waals surface area contributed by atoms with Crippen molar-refractivity contribution in [2.75, 3.05) is 6.61 Å². The second-order valence-electron chi connectivity index (χ2n) is 9.27. The van der Waals surface area contributed by atoms with E-state index < -0.39 is 17.7 Å². The fourth-order valence-corrected chi connectivity index (χ4v) is 4.41. The van der Waals surface area contributed by atoms with Gasteiger partial charge in [0.15, 0.2) is 11.6 Å². The molecule has 2 unspecified atom stereocenters. The number of ether oxygens (including phenoxy) is 1. The monoisotopic (exact) mass is 500 g/mol. The van der Waals surface area contributed by atoms with Gasteiger partial charge in [-0.2, -0.15) is 0 Å². The Morgan fingerprint density at radius 3 is 2.14 bits per heavy atom. The Morgan fingerprint density at radius 2 is 1.49 bits per heavy atom. The lowest BCUT2D eigenvalue weighted by Gasteiger charge is -2.11. The molecular formula is C32H27F3O2. The van der Waals surface area contributed by atoms with E-state index in [4.69, 9.17) is 4.74 Å². The van der Waals surface area contributed by atoms with Gasteiger partial charge in [-0.05, 0) is 40.3 Å². The Bertz CT molecular complexity index is 1420. The number of benzene rings is 4. The Morgan fingerprint density at radius 1 is 0.838 bits per heavy atom. The van der Waals surface area contributed by atoms with Gasteiger partial charge < -0.3 is 9.84 Å². The zero-order valence-corrected chi connectivity index (χ0v) is 20.4. The molecule has 1 aliphatic heterocycles. The molecule has 2 nitrogen and oxygen atoms in total. The summed E-state index contributed by atoms with van der Waals surface area (Å²) < 4.78 is 49.5. The molecule has 0 aliphatic carbocycles. The summed E-state index contributed by atoms with van der Waals surface area (Å²) in [7, 11) is 0. The van der Waals surface area contributed by atoms with Gasteiger partial charge >= 0.3 is 0 Å². The van der Waals surface area contributed by atoms with Crippen LogP contribution in [0.3, 0.4) is 0 Å². The summed E-state index contributed by atoms with van der Waals surface area (Å²) in [5.74, 6) is -2.15. The second-order valence-corrected chi connectivity index (χ2v) is 9.27. The first-order valence-corrected chi connectivity index (χ1v) is 12.4. The number of epoxide rings is 1. The van der Waals surface area contributed by atoms with Gasteiger partial charge in [-0.1, -0.05) is 98.3 Å². The van der Waals surface area contributed by atoms with E-state index in [0.717, 1.165) is 28.7 Å². The van der Waals surface area contributed by atoms with E-state index >= 15 is 0 Å². The van der Waals surface area contributed by atoms with Crippen LogP contribution in [0.2, 0.25) is 0 Å². The van der Waals surface area contributed by atoms with E-state index in [1.54, 1.807) is 72.8 Å². The van der Waals surface area contributed by atoms with Crippen LogP contribution in [0.25, 0.3) is 34.4 Å². The van der Waals surface area contributed by atoms with Gasteiger partial charge in [0.1, 0.15) is 11.9 Å². The van der Waals surface area contributed by atoms with Gasteiger partial charge in [0.05, 0.1) is 12.7 Å². The summed E-state index contributed by atoms with van der Waals surface area (Å²) in [4.78, 5) is 0. The lowest BCUT2D eigenvalue weighted by Crippen LogP contribution is -1.97. The zero-order valence-electron chi connectivity index (χ0n) is 20.4. The Balaban J connectivity index is 1.31. The first-order chi connectivity index (χ1) is 17.9. The number of aliphatic hydroxyl groups excluding tert-OH is 1. The molecule has 0 bridgehead atoms. The third kappa shape index (κ3) is 5.53. The van der Waals surface area contributed by atoms with Crippen LogP contribution < -0.4 is 0 Å².